The lowest BCUT2D eigenvalue weighted by molar-refractivity contribution is 0.0956. The zero-order chi connectivity index (χ0) is 14.9. The lowest BCUT2D eigenvalue weighted by Crippen LogP contribution is -2.20. The third kappa shape index (κ3) is 2.41. The van der Waals surface area contributed by atoms with E-state index in [0.717, 1.165) is 22.6 Å². The summed E-state index contributed by atoms with van der Waals surface area (Å²) in [4.78, 5) is 12.4. The Labute approximate surface area is 130 Å². The van der Waals surface area contributed by atoms with Gasteiger partial charge in [-0.3, -0.25) is 4.79 Å². The Hall–Kier alpha value is -2.16. The highest BCUT2D eigenvalue weighted by Gasteiger charge is 2.38. The van der Waals surface area contributed by atoms with Crippen molar-refractivity contribution in [3.8, 4) is 0 Å². The first-order valence-electron chi connectivity index (χ1n) is 8.12. The Balaban J connectivity index is 1.47. The maximum atomic E-state index is 12.4. The SMILES string of the molecule is O=C(N/N=C/C1CC2CCC1C2)c1cccc2ccccc12. The van der Waals surface area contributed by atoms with E-state index in [4.69, 9.17) is 0 Å². The topological polar surface area (TPSA) is 41.5 Å². The van der Waals surface area contributed by atoms with Crippen molar-refractivity contribution < 1.29 is 4.79 Å². The van der Waals surface area contributed by atoms with Crippen molar-refractivity contribution in [1.82, 2.24) is 5.43 Å². The first kappa shape index (κ1) is 13.5. The molecule has 0 radical (unpaired) electrons. The molecule has 3 heteroatoms. The second-order valence-electron chi connectivity index (χ2n) is 6.58. The molecule has 3 unspecified atom stereocenters. The smallest absolute Gasteiger partial charge is 0.267 e. The Bertz CT molecular complexity index is 732. The minimum atomic E-state index is -0.129. The lowest BCUT2D eigenvalue weighted by atomic mass is 9.90. The van der Waals surface area contributed by atoms with Crippen molar-refractivity contribution in [2.24, 2.45) is 22.9 Å². The van der Waals surface area contributed by atoms with Gasteiger partial charge in [-0.1, -0.05) is 42.8 Å². The van der Waals surface area contributed by atoms with Crippen LogP contribution in [0.1, 0.15) is 36.0 Å². The van der Waals surface area contributed by atoms with Gasteiger partial charge in [-0.2, -0.15) is 5.10 Å². The van der Waals surface area contributed by atoms with Gasteiger partial charge in [0.05, 0.1) is 0 Å². The predicted octanol–water partition coefficient (Wildman–Crippen LogP) is 3.99. The number of nitrogens with one attached hydrogen (secondary N) is 1. The molecule has 112 valence electrons. The second-order valence-corrected chi connectivity index (χ2v) is 6.58. The maximum absolute atomic E-state index is 12.4. The molecule has 2 bridgehead atoms. The van der Waals surface area contributed by atoms with E-state index in [-0.39, 0.29) is 5.91 Å². The van der Waals surface area contributed by atoms with Gasteiger partial charge in [0.25, 0.3) is 5.91 Å². The molecule has 3 nitrogen and oxygen atoms in total. The number of benzene rings is 2. The molecular formula is C19H20N2O. The zero-order valence-electron chi connectivity index (χ0n) is 12.5. The van der Waals surface area contributed by atoms with Crippen LogP contribution in [0.4, 0.5) is 0 Å². The Morgan fingerprint density at radius 1 is 1.09 bits per heavy atom. The van der Waals surface area contributed by atoms with Crippen molar-refractivity contribution in [1.29, 1.82) is 0 Å². The van der Waals surface area contributed by atoms with Gasteiger partial charge in [0.2, 0.25) is 0 Å². The lowest BCUT2D eigenvalue weighted by Gasteiger charge is -2.16. The summed E-state index contributed by atoms with van der Waals surface area (Å²) in [7, 11) is 0. The van der Waals surface area contributed by atoms with Crippen LogP contribution in [-0.2, 0) is 0 Å². The summed E-state index contributed by atoms with van der Waals surface area (Å²) in [6, 6.07) is 13.7. The number of nitrogens with zero attached hydrogens (tertiary/aromatic N) is 1. The molecule has 0 spiro atoms. The van der Waals surface area contributed by atoms with E-state index >= 15 is 0 Å². The number of amides is 1. The van der Waals surface area contributed by atoms with Crippen LogP contribution < -0.4 is 5.43 Å². The van der Waals surface area contributed by atoms with Gasteiger partial charge in [0.15, 0.2) is 0 Å². The van der Waals surface area contributed by atoms with E-state index in [2.05, 4.69) is 10.5 Å². The average Bonchev–Trinajstić information content (AvgIpc) is 3.17. The fraction of sp³-hybridized carbons (Fsp3) is 0.368. The van der Waals surface area contributed by atoms with E-state index in [9.17, 15) is 4.79 Å². The first-order valence-corrected chi connectivity index (χ1v) is 8.12. The van der Waals surface area contributed by atoms with E-state index in [1.54, 1.807) is 0 Å². The van der Waals surface area contributed by atoms with Crippen LogP contribution in [0.2, 0.25) is 0 Å². The zero-order valence-corrected chi connectivity index (χ0v) is 12.5. The van der Waals surface area contributed by atoms with Crippen molar-refractivity contribution in [2.75, 3.05) is 0 Å². The largest absolute Gasteiger partial charge is 0.271 e. The van der Waals surface area contributed by atoms with Crippen LogP contribution in [0, 0.1) is 17.8 Å². The molecule has 2 fully saturated rings. The highest BCUT2D eigenvalue weighted by atomic mass is 16.2. The molecule has 2 aromatic rings. The molecule has 2 aliphatic rings. The van der Waals surface area contributed by atoms with E-state index in [0.29, 0.717) is 11.5 Å². The van der Waals surface area contributed by atoms with Crippen LogP contribution in [0.15, 0.2) is 47.6 Å². The monoisotopic (exact) mass is 292 g/mol. The summed E-state index contributed by atoms with van der Waals surface area (Å²) in [5.41, 5.74) is 3.39. The first-order chi connectivity index (χ1) is 10.8. The van der Waals surface area contributed by atoms with Gasteiger partial charge in [-0.25, -0.2) is 5.43 Å². The summed E-state index contributed by atoms with van der Waals surface area (Å²) in [5, 5.41) is 6.28. The van der Waals surface area contributed by atoms with Gasteiger partial charge >= 0.3 is 0 Å². The fourth-order valence-electron chi connectivity index (χ4n) is 4.15. The van der Waals surface area contributed by atoms with Gasteiger partial charge in [-0.15, -0.1) is 0 Å². The summed E-state index contributed by atoms with van der Waals surface area (Å²) in [6.07, 6.45) is 7.29. The highest BCUT2D eigenvalue weighted by Crippen LogP contribution is 2.47. The predicted molar refractivity (Wildman–Crippen MR) is 88.8 cm³/mol. The molecule has 0 saturated heterocycles. The Morgan fingerprint density at radius 2 is 1.95 bits per heavy atom. The van der Waals surface area contributed by atoms with Crippen LogP contribution in [0.5, 0.6) is 0 Å². The van der Waals surface area contributed by atoms with Gasteiger partial charge in [-0.05, 0) is 53.9 Å². The fourth-order valence-corrected chi connectivity index (χ4v) is 4.15. The van der Waals surface area contributed by atoms with Crippen molar-refractivity contribution in [2.45, 2.75) is 25.7 Å². The van der Waals surface area contributed by atoms with Gasteiger partial charge in [0, 0.05) is 11.8 Å². The molecule has 22 heavy (non-hydrogen) atoms. The number of carbonyl (C=O) groups excluding carboxylic acids is 1. The molecule has 2 saturated carbocycles. The van der Waals surface area contributed by atoms with Crippen molar-refractivity contribution in [3.63, 3.8) is 0 Å². The third-order valence-electron chi connectivity index (χ3n) is 5.26. The minimum Gasteiger partial charge on any atom is -0.267 e. The normalized spacial score (nSPS) is 26.8. The molecular weight excluding hydrogens is 272 g/mol. The van der Waals surface area contributed by atoms with Gasteiger partial charge < -0.3 is 0 Å². The summed E-state index contributed by atoms with van der Waals surface area (Å²) >= 11 is 0. The second kappa shape index (κ2) is 5.56. The van der Waals surface area contributed by atoms with Crippen LogP contribution in [0.25, 0.3) is 10.8 Å². The summed E-state index contributed by atoms with van der Waals surface area (Å²) < 4.78 is 0. The number of carbonyl (C=O) groups is 1. The number of hydrogen-bond acceptors (Lipinski definition) is 2. The van der Waals surface area contributed by atoms with E-state index in [1.165, 1.54) is 25.7 Å². The Morgan fingerprint density at radius 3 is 2.77 bits per heavy atom. The average molecular weight is 292 g/mol. The molecule has 2 aliphatic carbocycles. The van der Waals surface area contributed by atoms with Crippen LogP contribution >= 0.6 is 0 Å². The molecule has 0 heterocycles. The standard InChI is InChI=1S/C19H20N2O/c22-19(18-7-3-5-14-4-1-2-6-17(14)18)21-20-12-16-11-13-8-9-15(16)10-13/h1-7,12-13,15-16H,8-11H2,(H,21,22)/b20-12+. The molecule has 1 amide bonds. The molecule has 0 aromatic heterocycles. The van der Waals surface area contributed by atoms with E-state index < -0.39 is 0 Å². The number of fused-ring (bicyclic) bond motifs is 3. The van der Waals surface area contributed by atoms with Crippen molar-refractivity contribution >= 4 is 22.9 Å². The molecule has 0 aliphatic heterocycles. The van der Waals surface area contributed by atoms with E-state index in [1.807, 2.05) is 48.7 Å². The third-order valence-corrected chi connectivity index (χ3v) is 5.26. The molecule has 2 aromatic carbocycles. The highest BCUT2D eigenvalue weighted by molar-refractivity contribution is 6.07. The Kier molecular flexibility index (Phi) is 3.41. The number of rotatable bonds is 3. The molecule has 4 rings (SSSR count). The van der Waals surface area contributed by atoms with Crippen molar-refractivity contribution in [3.05, 3.63) is 48.0 Å². The number of hydrazone groups is 1. The molecule has 1 N–H and O–H groups in total. The minimum absolute atomic E-state index is 0.129. The summed E-state index contributed by atoms with van der Waals surface area (Å²) in [5.74, 6) is 2.13. The summed E-state index contributed by atoms with van der Waals surface area (Å²) in [6.45, 7) is 0. The number of hydrogen-bond donors (Lipinski definition) is 1. The van der Waals surface area contributed by atoms with Crippen LogP contribution in [-0.4, -0.2) is 12.1 Å². The van der Waals surface area contributed by atoms with Gasteiger partial charge in [0.1, 0.15) is 0 Å². The van der Waals surface area contributed by atoms with Crippen LogP contribution in [0.3, 0.4) is 0 Å². The molecule has 3 atom stereocenters. The quantitative estimate of drug-likeness (QED) is 0.674. The maximum Gasteiger partial charge on any atom is 0.271 e.